The van der Waals surface area contributed by atoms with Crippen molar-refractivity contribution in [1.82, 2.24) is 4.98 Å². The van der Waals surface area contributed by atoms with Crippen LogP contribution in [0.2, 0.25) is 0 Å². The molecule has 2 aliphatic rings. The van der Waals surface area contributed by atoms with Gasteiger partial charge in [-0.3, -0.25) is 14.5 Å². The zero-order chi connectivity index (χ0) is 14.3. The number of hydrogen-bond acceptors (Lipinski definition) is 6. The number of hydrogen-bond donors (Lipinski definition) is 1. The third kappa shape index (κ3) is 2.31. The number of carbonyl (C=O) groups is 2. The topological polar surface area (TPSA) is 85.5 Å². The van der Waals surface area contributed by atoms with Crippen LogP contribution >= 0.6 is 11.3 Å². The van der Waals surface area contributed by atoms with Crippen molar-refractivity contribution in [3.8, 4) is 0 Å². The Labute approximate surface area is 120 Å². The Morgan fingerprint density at radius 1 is 1.50 bits per heavy atom. The summed E-state index contributed by atoms with van der Waals surface area (Å²) in [5.74, 6) is -0.768. The summed E-state index contributed by atoms with van der Waals surface area (Å²) in [6.45, 7) is 0.365. The Balaban J connectivity index is 1.80. The van der Waals surface area contributed by atoms with Crippen LogP contribution in [0.3, 0.4) is 0 Å². The van der Waals surface area contributed by atoms with Crippen molar-refractivity contribution in [3.63, 3.8) is 0 Å². The number of carbonyl (C=O) groups excluding carboxylic acids is 2. The number of methoxy groups -OCH3 is 1. The second kappa shape index (κ2) is 5.14. The fraction of sp³-hybridized carbons (Fsp3) is 0.615. The van der Waals surface area contributed by atoms with Crippen molar-refractivity contribution in [2.75, 3.05) is 18.6 Å². The average Bonchev–Trinajstić information content (AvgIpc) is 3.00. The minimum Gasteiger partial charge on any atom is -0.469 e. The van der Waals surface area contributed by atoms with Gasteiger partial charge in [0, 0.05) is 23.9 Å². The van der Waals surface area contributed by atoms with E-state index in [0.29, 0.717) is 11.7 Å². The number of esters is 1. The second-order valence-electron chi connectivity index (χ2n) is 5.30. The Morgan fingerprint density at radius 3 is 3.05 bits per heavy atom. The molecule has 2 atom stereocenters. The molecular formula is C13H17N3O3S. The van der Waals surface area contributed by atoms with Crippen LogP contribution in [-0.4, -0.2) is 36.6 Å². The lowest BCUT2D eigenvalue weighted by Gasteiger charge is -2.15. The summed E-state index contributed by atoms with van der Waals surface area (Å²) < 4.78 is 4.71. The SMILES string of the molecule is COC(=O)C1CC(=O)N(c2nc3c(s2)C[C@@H](N)CC3)C1. The highest BCUT2D eigenvalue weighted by molar-refractivity contribution is 7.16. The van der Waals surface area contributed by atoms with Gasteiger partial charge in [0.05, 0.1) is 18.7 Å². The number of amides is 1. The highest BCUT2D eigenvalue weighted by Gasteiger charge is 2.37. The summed E-state index contributed by atoms with van der Waals surface area (Å²) in [5.41, 5.74) is 7.01. The molecular weight excluding hydrogens is 278 g/mol. The summed E-state index contributed by atoms with van der Waals surface area (Å²) in [6.07, 6.45) is 2.84. The van der Waals surface area contributed by atoms with E-state index in [1.807, 2.05) is 0 Å². The fourth-order valence-corrected chi connectivity index (χ4v) is 3.95. The quantitative estimate of drug-likeness (QED) is 0.802. The first-order chi connectivity index (χ1) is 9.58. The first-order valence-electron chi connectivity index (χ1n) is 6.71. The van der Waals surface area contributed by atoms with Crippen molar-refractivity contribution in [2.24, 2.45) is 11.7 Å². The Morgan fingerprint density at radius 2 is 2.30 bits per heavy atom. The number of fused-ring (bicyclic) bond motifs is 1. The van der Waals surface area contributed by atoms with Gasteiger partial charge < -0.3 is 10.5 Å². The van der Waals surface area contributed by atoms with Crippen LogP contribution in [0.15, 0.2) is 0 Å². The minimum atomic E-state index is -0.379. The molecule has 1 unspecified atom stereocenters. The average molecular weight is 295 g/mol. The van der Waals surface area contributed by atoms with Crippen LogP contribution in [0.25, 0.3) is 0 Å². The molecule has 1 saturated heterocycles. The van der Waals surface area contributed by atoms with Crippen LogP contribution in [0.5, 0.6) is 0 Å². The fourth-order valence-electron chi connectivity index (χ4n) is 2.72. The maximum atomic E-state index is 12.0. The smallest absolute Gasteiger partial charge is 0.311 e. The number of nitrogens with two attached hydrogens (primary N) is 1. The summed E-state index contributed by atoms with van der Waals surface area (Å²) >= 11 is 1.52. The molecule has 1 aromatic rings. The van der Waals surface area contributed by atoms with E-state index >= 15 is 0 Å². The van der Waals surface area contributed by atoms with E-state index in [0.717, 1.165) is 25.0 Å². The lowest BCUT2D eigenvalue weighted by atomic mass is 9.99. The first-order valence-corrected chi connectivity index (χ1v) is 7.52. The first kappa shape index (κ1) is 13.5. The second-order valence-corrected chi connectivity index (χ2v) is 6.36. The van der Waals surface area contributed by atoms with Gasteiger partial charge in [-0.1, -0.05) is 0 Å². The van der Waals surface area contributed by atoms with Crippen LogP contribution in [0.1, 0.15) is 23.4 Å². The number of nitrogens with zero attached hydrogens (tertiary/aromatic N) is 2. The summed E-state index contributed by atoms with van der Waals surface area (Å²) in [6, 6.07) is 0.188. The molecule has 0 bridgehead atoms. The maximum absolute atomic E-state index is 12.0. The molecule has 7 heteroatoms. The van der Waals surface area contributed by atoms with Crippen molar-refractivity contribution in [3.05, 3.63) is 10.6 Å². The van der Waals surface area contributed by atoms with Crippen molar-refractivity contribution >= 4 is 28.3 Å². The normalized spacial score (nSPS) is 25.7. The molecule has 1 aliphatic heterocycles. The molecule has 2 heterocycles. The van der Waals surface area contributed by atoms with Crippen molar-refractivity contribution in [2.45, 2.75) is 31.7 Å². The molecule has 0 saturated carbocycles. The molecule has 2 N–H and O–H groups in total. The molecule has 0 radical (unpaired) electrons. The molecule has 0 spiro atoms. The number of aryl methyl sites for hydroxylation is 1. The number of rotatable bonds is 2. The van der Waals surface area contributed by atoms with Crippen LogP contribution in [0.4, 0.5) is 5.13 Å². The Bertz CT molecular complexity index is 557. The number of aromatic nitrogens is 1. The standard InChI is InChI=1S/C13H17N3O3S/c1-19-12(18)7-4-11(17)16(6-7)13-15-9-3-2-8(14)5-10(9)20-13/h7-8H,2-6,14H2,1H3/t7?,8-/m0/s1. The summed E-state index contributed by atoms with van der Waals surface area (Å²) in [7, 11) is 1.35. The maximum Gasteiger partial charge on any atom is 0.311 e. The number of thiazole rings is 1. The van der Waals surface area contributed by atoms with Gasteiger partial charge in [-0.25, -0.2) is 4.98 Å². The van der Waals surface area contributed by atoms with E-state index in [4.69, 9.17) is 10.5 Å². The molecule has 1 amide bonds. The van der Waals surface area contributed by atoms with Crippen molar-refractivity contribution < 1.29 is 14.3 Å². The molecule has 108 valence electrons. The monoisotopic (exact) mass is 295 g/mol. The molecule has 0 aromatic carbocycles. The third-order valence-corrected chi connectivity index (χ3v) is 5.00. The van der Waals surface area contributed by atoms with Gasteiger partial charge in [-0.2, -0.15) is 0 Å². The van der Waals surface area contributed by atoms with Crippen LogP contribution in [0, 0.1) is 5.92 Å². The van der Waals surface area contributed by atoms with E-state index in [1.54, 1.807) is 4.90 Å². The zero-order valence-corrected chi connectivity index (χ0v) is 12.1. The summed E-state index contributed by atoms with van der Waals surface area (Å²) in [5, 5.41) is 0.695. The zero-order valence-electron chi connectivity index (χ0n) is 11.3. The predicted molar refractivity (Wildman–Crippen MR) is 74.6 cm³/mol. The van der Waals surface area contributed by atoms with Gasteiger partial charge in [0.15, 0.2) is 5.13 Å². The van der Waals surface area contributed by atoms with Gasteiger partial charge in [0.2, 0.25) is 5.91 Å². The molecule has 20 heavy (non-hydrogen) atoms. The van der Waals surface area contributed by atoms with E-state index in [9.17, 15) is 9.59 Å². The number of ether oxygens (including phenoxy) is 1. The molecule has 6 nitrogen and oxygen atoms in total. The van der Waals surface area contributed by atoms with E-state index in [2.05, 4.69) is 4.98 Å². The molecule has 1 aromatic heterocycles. The molecule has 1 fully saturated rings. The largest absolute Gasteiger partial charge is 0.469 e. The van der Waals surface area contributed by atoms with Gasteiger partial charge in [0.25, 0.3) is 0 Å². The number of anilines is 1. The molecule has 1 aliphatic carbocycles. The lowest BCUT2D eigenvalue weighted by Crippen LogP contribution is -2.27. The van der Waals surface area contributed by atoms with Gasteiger partial charge >= 0.3 is 5.97 Å². The Hall–Kier alpha value is -1.47. The van der Waals surface area contributed by atoms with Gasteiger partial charge in [-0.05, 0) is 19.3 Å². The minimum absolute atomic E-state index is 0.0594. The van der Waals surface area contributed by atoms with Crippen LogP contribution < -0.4 is 10.6 Å². The highest BCUT2D eigenvalue weighted by atomic mass is 32.1. The van der Waals surface area contributed by atoms with E-state index in [1.165, 1.54) is 23.3 Å². The van der Waals surface area contributed by atoms with Crippen molar-refractivity contribution in [1.29, 1.82) is 0 Å². The summed E-state index contributed by atoms with van der Waals surface area (Å²) in [4.78, 5) is 30.9. The lowest BCUT2D eigenvalue weighted by molar-refractivity contribution is -0.145. The van der Waals surface area contributed by atoms with Gasteiger partial charge in [0.1, 0.15) is 0 Å². The van der Waals surface area contributed by atoms with Gasteiger partial charge in [-0.15, -0.1) is 11.3 Å². The predicted octanol–water partition coefficient (Wildman–Crippen LogP) is 0.485. The third-order valence-electron chi connectivity index (χ3n) is 3.86. The molecule has 3 rings (SSSR count). The van der Waals surface area contributed by atoms with E-state index in [-0.39, 0.29) is 30.3 Å². The van der Waals surface area contributed by atoms with Crippen LogP contribution in [-0.2, 0) is 27.2 Å². The van der Waals surface area contributed by atoms with E-state index < -0.39 is 0 Å². The highest BCUT2D eigenvalue weighted by Crippen LogP contribution is 2.34. The Kier molecular flexibility index (Phi) is 3.47.